The van der Waals surface area contributed by atoms with E-state index < -0.39 is 6.10 Å². The standard InChI is InChI=1S/C25H30N4O4/c1-4-21(30)15-8-20-24-18(12-29(20)25(31)14(15)2)17(11-28(3)7-5-6-26)16-9-22-23(33-13-32-22)10-19(16)27-24/h8-10,21,30H,4-7,11-13,26H2,1-3H3. The monoisotopic (exact) mass is 450 g/mol. The minimum absolute atomic E-state index is 0.0753. The highest BCUT2D eigenvalue weighted by Gasteiger charge is 2.29. The van der Waals surface area contributed by atoms with Gasteiger partial charge in [-0.2, -0.15) is 0 Å². The number of benzene rings is 1. The fraction of sp³-hybridized carbons (Fsp3) is 0.440. The van der Waals surface area contributed by atoms with Gasteiger partial charge < -0.3 is 29.8 Å². The molecule has 1 unspecified atom stereocenters. The topological polar surface area (TPSA) is 103 Å². The summed E-state index contributed by atoms with van der Waals surface area (Å²) in [5.41, 5.74) is 11.4. The Morgan fingerprint density at radius 3 is 2.76 bits per heavy atom. The van der Waals surface area contributed by atoms with Crippen molar-refractivity contribution in [2.75, 3.05) is 26.9 Å². The SMILES string of the molecule is CCC(O)c1cc2n(c(=O)c1C)Cc1c-2nc2cc3c(cc2c1CN(C)CCCN)OCO3. The minimum Gasteiger partial charge on any atom is -0.454 e. The summed E-state index contributed by atoms with van der Waals surface area (Å²) in [6.45, 7) is 6.58. The van der Waals surface area contributed by atoms with Crippen molar-refractivity contribution in [2.24, 2.45) is 5.73 Å². The normalized spacial score (nSPS) is 14.7. The molecule has 0 radical (unpaired) electrons. The van der Waals surface area contributed by atoms with Crippen LogP contribution >= 0.6 is 0 Å². The third-order valence-electron chi connectivity index (χ3n) is 6.76. The summed E-state index contributed by atoms with van der Waals surface area (Å²) < 4.78 is 13.0. The lowest BCUT2D eigenvalue weighted by Crippen LogP contribution is -2.24. The van der Waals surface area contributed by atoms with Crippen LogP contribution in [0.2, 0.25) is 0 Å². The van der Waals surface area contributed by atoms with Crippen LogP contribution < -0.4 is 20.8 Å². The van der Waals surface area contributed by atoms with Crippen molar-refractivity contribution in [1.29, 1.82) is 0 Å². The minimum atomic E-state index is -0.677. The highest BCUT2D eigenvalue weighted by molar-refractivity contribution is 5.90. The predicted molar refractivity (Wildman–Crippen MR) is 127 cm³/mol. The van der Waals surface area contributed by atoms with Crippen LogP contribution in [0.1, 0.15) is 48.1 Å². The van der Waals surface area contributed by atoms with Gasteiger partial charge >= 0.3 is 0 Å². The number of hydrogen-bond acceptors (Lipinski definition) is 7. The zero-order valence-electron chi connectivity index (χ0n) is 19.4. The number of nitrogens with two attached hydrogens (primary N) is 1. The molecule has 0 saturated heterocycles. The molecule has 2 aliphatic rings. The molecule has 0 bridgehead atoms. The molecular weight excluding hydrogens is 420 g/mol. The molecule has 8 nitrogen and oxygen atoms in total. The van der Waals surface area contributed by atoms with Crippen LogP contribution in [-0.4, -0.2) is 46.5 Å². The van der Waals surface area contributed by atoms with Crippen LogP contribution in [0.25, 0.3) is 22.3 Å². The second kappa shape index (κ2) is 8.44. The second-order valence-electron chi connectivity index (χ2n) is 8.95. The molecule has 1 atom stereocenters. The molecule has 0 spiro atoms. The second-order valence-corrected chi connectivity index (χ2v) is 8.95. The van der Waals surface area contributed by atoms with Gasteiger partial charge in [-0.1, -0.05) is 6.92 Å². The van der Waals surface area contributed by atoms with Crippen molar-refractivity contribution in [3.63, 3.8) is 0 Å². The van der Waals surface area contributed by atoms with Gasteiger partial charge in [0.1, 0.15) is 0 Å². The summed E-state index contributed by atoms with van der Waals surface area (Å²) in [6.07, 6.45) is 0.775. The first-order valence-electron chi connectivity index (χ1n) is 11.5. The molecule has 5 rings (SSSR count). The van der Waals surface area contributed by atoms with E-state index in [-0.39, 0.29) is 12.4 Å². The highest BCUT2D eigenvalue weighted by atomic mass is 16.7. The van der Waals surface area contributed by atoms with Gasteiger partial charge in [0.25, 0.3) is 5.56 Å². The van der Waals surface area contributed by atoms with E-state index in [9.17, 15) is 9.90 Å². The fourth-order valence-electron chi connectivity index (χ4n) is 4.88. The number of rotatable bonds is 7. The Morgan fingerprint density at radius 2 is 2.03 bits per heavy atom. The number of fused-ring (bicyclic) bond motifs is 5. The molecule has 0 fully saturated rings. The molecule has 174 valence electrons. The van der Waals surface area contributed by atoms with E-state index in [1.165, 1.54) is 0 Å². The van der Waals surface area contributed by atoms with Crippen LogP contribution in [0.4, 0.5) is 0 Å². The van der Waals surface area contributed by atoms with Crippen molar-refractivity contribution >= 4 is 10.9 Å². The molecule has 2 aliphatic heterocycles. The maximum absolute atomic E-state index is 13.3. The zero-order chi connectivity index (χ0) is 23.3. The Kier molecular flexibility index (Phi) is 5.60. The molecule has 0 amide bonds. The highest BCUT2D eigenvalue weighted by Crippen LogP contribution is 2.42. The first-order chi connectivity index (χ1) is 15.9. The van der Waals surface area contributed by atoms with Gasteiger partial charge in [-0.05, 0) is 63.2 Å². The number of hydrogen-bond donors (Lipinski definition) is 2. The number of pyridine rings is 2. The van der Waals surface area contributed by atoms with Crippen LogP contribution in [0.15, 0.2) is 23.0 Å². The predicted octanol–water partition coefficient (Wildman–Crippen LogP) is 2.69. The lowest BCUT2D eigenvalue weighted by molar-refractivity contribution is 0.172. The Hall–Kier alpha value is -2.94. The number of aliphatic hydroxyl groups is 1. The molecule has 3 aromatic rings. The van der Waals surface area contributed by atoms with E-state index in [1.807, 2.05) is 25.1 Å². The van der Waals surface area contributed by atoms with Gasteiger partial charge in [-0.3, -0.25) is 4.79 Å². The van der Waals surface area contributed by atoms with E-state index in [1.54, 1.807) is 11.5 Å². The average molecular weight is 451 g/mol. The Morgan fingerprint density at radius 1 is 1.27 bits per heavy atom. The fourth-order valence-corrected chi connectivity index (χ4v) is 4.88. The Labute approximate surface area is 192 Å². The summed E-state index contributed by atoms with van der Waals surface area (Å²) in [4.78, 5) is 20.5. The van der Waals surface area contributed by atoms with Crippen LogP contribution in [-0.2, 0) is 13.1 Å². The van der Waals surface area contributed by atoms with Crippen molar-refractivity contribution in [3.05, 3.63) is 50.8 Å². The lowest BCUT2D eigenvalue weighted by atomic mass is 9.98. The maximum Gasteiger partial charge on any atom is 0.254 e. The quantitative estimate of drug-likeness (QED) is 0.446. The van der Waals surface area contributed by atoms with Crippen molar-refractivity contribution in [3.8, 4) is 22.9 Å². The van der Waals surface area contributed by atoms with Gasteiger partial charge in [-0.25, -0.2) is 4.98 Å². The van der Waals surface area contributed by atoms with E-state index in [0.29, 0.717) is 48.7 Å². The molecule has 33 heavy (non-hydrogen) atoms. The van der Waals surface area contributed by atoms with Gasteiger partial charge in [-0.15, -0.1) is 0 Å². The Balaban J connectivity index is 1.73. The van der Waals surface area contributed by atoms with E-state index >= 15 is 0 Å². The van der Waals surface area contributed by atoms with Crippen molar-refractivity contribution in [1.82, 2.24) is 14.5 Å². The molecule has 1 aromatic carbocycles. The third-order valence-corrected chi connectivity index (χ3v) is 6.76. The molecular formula is C25H30N4O4. The van der Waals surface area contributed by atoms with Crippen LogP contribution in [0.5, 0.6) is 11.5 Å². The number of aliphatic hydroxyl groups excluding tert-OH is 1. The molecule has 2 aromatic heterocycles. The van der Waals surface area contributed by atoms with Crippen LogP contribution in [0, 0.1) is 6.92 Å². The Bertz CT molecular complexity index is 1300. The number of nitrogens with zero attached hydrogens (tertiary/aromatic N) is 3. The van der Waals surface area contributed by atoms with E-state index in [2.05, 4.69) is 11.9 Å². The molecule has 0 saturated carbocycles. The smallest absolute Gasteiger partial charge is 0.254 e. The number of ether oxygens (including phenoxy) is 2. The zero-order valence-corrected chi connectivity index (χ0v) is 19.4. The molecule has 4 heterocycles. The summed E-state index contributed by atoms with van der Waals surface area (Å²) in [7, 11) is 2.08. The maximum atomic E-state index is 13.3. The summed E-state index contributed by atoms with van der Waals surface area (Å²) in [5, 5.41) is 11.5. The first-order valence-corrected chi connectivity index (χ1v) is 11.5. The van der Waals surface area contributed by atoms with Gasteiger partial charge in [0.15, 0.2) is 11.5 Å². The summed E-state index contributed by atoms with van der Waals surface area (Å²) >= 11 is 0. The van der Waals surface area contributed by atoms with Gasteiger partial charge in [0.05, 0.1) is 29.6 Å². The largest absolute Gasteiger partial charge is 0.454 e. The summed E-state index contributed by atoms with van der Waals surface area (Å²) in [5.74, 6) is 1.39. The first kappa shape index (κ1) is 21.9. The lowest BCUT2D eigenvalue weighted by Gasteiger charge is -2.20. The van der Waals surface area contributed by atoms with E-state index in [0.717, 1.165) is 46.4 Å². The van der Waals surface area contributed by atoms with Crippen molar-refractivity contribution in [2.45, 2.75) is 45.9 Å². The van der Waals surface area contributed by atoms with Gasteiger partial charge in [0.2, 0.25) is 6.79 Å². The molecule has 3 N–H and O–H groups in total. The average Bonchev–Trinajstić information content (AvgIpc) is 3.42. The third kappa shape index (κ3) is 3.58. The van der Waals surface area contributed by atoms with Crippen LogP contribution in [0.3, 0.4) is 0 Å². The number of aromatic nitrogens is 2. The van der Waals surface area contributed by atoms with Gasteiger partial charge in [0, 0.05) is 29.1 Å². The van der Waals surface area contributed by atoms with Crippen molar-refractivity contribution < 1.29 is 14.6 Å². The summed E-state index contributed by atoms with van der Waals surface area (Å²) in [6, 6.07) is 5.85. The molecule has 0 aliphatic carbocycles. The molecule has 8 heteroatoms. The van der Waals surface area contributed by atoms with E-state index in [4.69, 9.17) is 20.2 Å².